The van der Waals surface area contributed by atoms with Crippen molar-refractivity contribution in [1.82, 2.24) is 9.88 Å². The van der Waals surface area contributed by atoms with Crippen molar-refractivity contribution in [3.63, 3.8) is 0 Å². The number of hydrogen-bond acceptors (Lipinski definition) is 5. The molecule has 1 aromatic heterocycles. The molecule has 0 unspecified atom stereocenters. The highest BCUT2D eigenvalue weighted by molar-refractivity contribution is 5.48. The number of nitro groups is 1. The van der Waals surface area contributed by atoms with Gasteiger partial charge in [0.1, 0.15) is 5.82 Å². The zero-order chi connectivity index (χ0) is 14.5. The molecule has 1 N–H and O–H groups in total. The van der Waals surface area contributed by atoms with Crippen LogP contribution in [-0.4, -0.2) is 41.0 Å². The largest absolute Gasteiger partial charge is 0.370 e. The minimum Gasteiger partial charge on any atom is -0.370 e. The normalized spacial score (nSPS) is 17.1. The molecule has 0 aromatic carbocycles. The van der Waals surface area contributed by atoms with E-state index in [2.05, 4.69) is 22.1 Å². The number of nitrogens with one attached hydrogen (secondary N) is 1. The van der Waals surface area contributed by atoms with Gasteiger partial charge in [-0.3, -0.25) is 10.1 Å². The molecule has 0 amide bonds. The number of likely N-dealkylation sites (tertiary alicyclic amines) is 1. The number of pyridine rings is 1. The van der Waals surface area contributed by atoms with Gasteiger partial charge >= 0.3 is 0 Å². The molecule has 0 saturated carbocycles. The number of aromatic nitrogens is 1. The molecule has 2 heterocycles. The third-order valence-electron chi connectivity index (χ3n) is 4.00. The van der Waals surface area contributed by atoms with Crippen molar-refractivity contribution in [3.05, 3.63) is 27.9 Å². The highest BCUT2D eigenvalue weighted by atomic mass is 16.6. The van der Waals surface area contributed by atoms with Crippen LogP contribution in [0.15, 0.2) is 12.3 Å². The monoisotopic (exact) mass is 278 g/mol. The summed E-state index contributed by atoms with van der Waals surface area (Å²) in [5.74, 6) is 1.22. The van der Waals surface area contributed by atoms with Crippen LogP contribution >= 0.6 is 0 Å². The quantitative estimate of drug-likeness (QED) is 0.661. The first kappa shape index (κ1) is 14.7. The fourth-order valence-electron chi connectivity index (χ4n) is 2.56. The van der Waals surface area contributed by atoms with Crippen molar-refractivity contribution in [2.24, 2.45) is 5.92 Å². The van der Waals surface area contributed by atoms with E-state index in [-0.39, 0.29) is 10.6 Å². The van der Waals surface area contributed by atoms with Crippen LogP contribution in [0.2, 0.25) is 0 Å². The predicted octanol–water partition coefficient (Wildman–Crippen LogP) is 2.44. The summed E-state index contributed by atoms with van der Waals surface area (Å²) in [6, 6.07) is 1.52. The van der Waals surface area contributed by atoms with Crippen LogP contribution in [-0.2, 0) is 0 Å². The Labute approximate surface area is 119 Å². The van der Waals surface area contributed by atoms with Crippen LogP contribution in [0.1, 0.15) is 25.3 Å². The molecule has 1 aromatic rings. The van der Waals surface area contributed by atoms with E-state index in [1.54, 1.807) is 13.1 Å². The molecule has 0 atom stereocenters. The Hall–Kier alpha value is -1.69. The lowest BCUT2D eigenvalue weighted by atomic mass is 9.97. The van der Waals surface area contributed by atoms with Gasteiger partial charge in [-0.1, -0.05) is 6.92 Å². The number of anilines is 1. The average molecular weight is 278 g/mol. The third-order valence-corrected chi connectivity index (χ3v) is 4.00. The van der Waals surface area contributed by atoms with E-state index < -0.39 is 0 Å². The Morgan fingerprint density at radius 3 is 2.80 bits per heavy atom. The van der Waals surface area contributed by atoms with Crippen molar-refractivity contribution in [1.29, 1.82) is 0 Å². The van der Waals surface area contributed by atoms with Crippen molar-refractivity contribution in [3.8, 4) is 0 Å². The zero-order valence-corrected chi connectivity index (χ0v) is 12.1. The molecule has 1 aliphatic rings. The lowest BCUT2D eigenvalue weighted by molar-refractivity contribution is -0.385. The summed E-state index contributed by atoms with van der Waals surface area (Å²) in [5, 5.41) is 14.1. The molecule has 0 radical (unpaired) electrons. The summed E-state index contributed by atoms with van der Waals surface area (Å²) in [5.41, 5.74) is 0.722. The van der Waals surface area contributed by atoms with Gasteiger partial charge in [0, 0.05) is 18.3 Å². The molecule has 6 heteroatoms. The summed E-state index contributed by atoms with van der Waals surface area (Å²) in [6.45, 7) is 8.13. The van der Waals surface area contributed by atoms with Gasteiger partial charge in [-0.2, -0.15) is 0 Å². The van der Waals surface area contributed by atoms with Gasteiger partial charge < -0.3 is 10.2 Å². The van der Waals surface area contributed by atoms with E-state index in [4.69, 9.17) is 0 Å². The minimum atomic E-state index is -0.359. The van der Waals surface area contributed by atoms with Gasteiger partial charge in [0.25, 0.3) is 5.69 Å². The number of nitrogens with zero attached hydrogens (tertiary/aromatic N) is 3. The topological polar surface area (TPSA) is 71.3 Å². The van der Waals surface area contributed by atoms with E-state index >= 15 is 0 Å². The lowest BCUT2D eigenvalue weighted by Gasteiger charge is -2.31. The molecule has 1 fully saturated rings. The van der Waals surface area contributed by atoms with Gasteiger partial charge in [0.15, 0.2) is 0 Å². The molecule has 20 heavy (non-hydrogen) atoms. The van der Waals surface area contributed by atoms with Gasteiger partial charge in [-0.25, -0.2) is 4.98 Å². The Morgan fingerprint density at radius 2 is 2.20 bits per heavy atom. The van der Waals surface area contributed by atoms with Crippen molar-refractivity contribution in [2.75, 3.05) is 31.5 Å². The maximum atomic E-state index is 10.9. The van der Waals surface area contributed by atoms with E-state index in [9.17, 15) is 10.1 Å². The smallest absolute Gasteiger partial charge is 0.277 e. The molecule has 0 bridgehead atoms. The van der Waals surface area contributed by atoms with Gasteiger partial charge in [-0.05, 0) is 45.3 Å². The number of aryl methyl sites for hydroxylation is 1. The Bertz CT molecular complexity index is 470. The van der Waals surface area contributed by atoms with Crippen LogP contribution in [0, 0.1) is 23.0 Å². The second kappa shape index (κ2) is 6.65. The Balaban J connectivity index is 1.88. The van der Waals surface area contributed by atoms with Crippen molar-refractivity contribution < 1.29 is 4.92 Å². The molecule has 0 aliphatic carbocycles. The zero-order valence-electron chi connectivity index (χ0n) is 12.1. The maximum absolute atomic E-state index is 10.9. The highest BCUT2D eigenvalue weighted by Gasteiger charge is 2.18. The van der Waals surface area contributed by atoms with Crippen LogP contribution < -0.4 is 5.32 Å². The minimum absolute atomic E-state index is 0.128. The van der Waals surface area contributed by atoms with Gasteiger partial charge in [0.05, 0.1) is 11.0 Å². The van der Waals surface area contributed by atoms with Crippen molar-refractivity contribution >= 4 is 11.5 Å². The summed E-state index contributed by atoms with van der Waals surface area (Å²) < 4.78 is 0. The number of rotatable bonds is 5. The first-order valence-corrected chi connectivity index (χ1v) is 7.17. The number of piperidine rings is 1. The molecular weight excluding hydrogens is 256 g/mol. The van der Waals surface area contributed by atoms with E-state index in [1.165, 1.54) is 18.9 Å². The van der Waals surface area contributed by atoms with Crippen LogP contribution in [0.3, 0.4) is 0 Å². The predicted molar refractivity (Wildman–Crippen MR) is 79.0 cm³/mol. The first-order valence-electron chi connectivity index (χ1n) is 7.17. The van der Waals surface area contributed by atoms with Crippen LogP contribution in [0.4, 0.5) is 11.5 Å². The molecule has 6 nitrogen and oxygen atoms in total. The second-order valence-corrected chi connectivity index (χ2v) is 5.37. The van der Waals surface area contributed by atoms with Crippen LogP contribution in [0.5, 0.6) is 0 Å². The maximum Gasteiger partial charge on any atom is 0.277 e. The molecule has 110 valence electrons. The van der Waals surface area contributed by atoms with E-state index in [1.807, 2.05) is 0 Å². The Morgan fingerprint density at radius 1 is 1.50 bits per heavy atom. The SMILES string of the molecule is CCN1CCC(CNc2cc([N+](=O)[O-])c(C)cn2)CC1. The fraction of sp³-hybridized carbons (Fsp3) is 0.643. The highest BCUT2D eigenvalue weighted by Crippen LogP contribution is 2.21. The fourth-order valence-corrected chi connectivity index (χ4v) is 2.56. The summed E-state index contributed by atoms with van der Waals surface area (Å²) >= 11 is 0. The molecule has 1 saturated heterocycles. The van der Waals surface area contributed by atoms with Gasteiger partial charge in [-0.15, -0.1) is 0 Å². The molecule has 1 aliphatic heterocycles. The molecule has 2 rings (SSSR count). The first-order chi connectivity index (χ1) is 9.60. The van der Waals surface area contributed by atoms with Gasteiger partial charge in [0.2, 0.25) is 0 Å². The summed E-state index contributed by atoms with van der Waals surface area (Å²) in [7, 11) is 0. The van der Waals surface area contributed by atoms with Crippen LogP contribution in [0.25, 0.3) is 0 Å². The Kier molecular flexibility index (Phi) is 4.89. The summed E-state index contributed by atoms with van der Waals surface area (Å²) in [6.07, 6.45) is 3.91. The molecule has 0 spiro atoms. The lowest BCUT2D eigenvalue weighted by Crippen LogP contribution is -2.35. The van der Waals surface area contributed by atoms with E-state index in [0.717, 1.165) is 26.2 Å². The second-order valence-electron chi connectivity index (χ2n) is 5.37. The van der Waals surface area contributed by atoms with Crippen molar-refractivity contribution in [2.45, 2.75) is 26.7 Å². The standard InChI is InChI=1S/C14H22N4O2/c1-3-17-6-4-12(5-7-17)10-16-14-8-13(18(19)20)11(2)9-15-14/h8-9,12H,3-7,10H2,1-2H3,(H,15,16). The summed E-state index contributed by atoms with van der Waals surface area (Å²) in [4.78, 5) is 17.2. The molecular formula is C14H22N4O2. The number of hydrogen-bond donors (Lipinski definition) is 1. The van der Waals surface area contributed by atoms with E-state index in [0.29, 0.717) is 17.3 Å². The average Bonchev–Trinajstić information content (AvgIpc) is 2.46. The third kappa shape index (κ3) is 3.66.